The van der Waals surface area contributed by atoms with Crippen molar-refractivity contribution in [2.75, 3.05) is 5.32 Å². The molecular weight excluding hydrogens is 234 g/mol. The molecule has 0 aliphatic carbocycles. The van der Waals surface area contributed by atoms with Crippen molar-refractivity contribution < 1.29 is 9.90 Å². The lowest BCUT2D eigenvalue weighted by atomic mass is 10.3. The Hall–Kier alpha value is -2.07. The highest BCUT2D eigenvalue weighted by Crippen LogP contribution is 2.14. The zero-order valence-corrected chi connectivity index (χ0v) is 9.78. The van der Waals surface area contributed by atoms with Crippen molar-refractivity contribution in [2.45, 2.75) is 0 Å². The summed E-state index contributed by atoms with van der Waals surface area (Å²) >= 11 is 1.59. The van der Waals surface area contributed by atoms with Gasteiger partial charge in [0.05, 0.1) is 0 Å². The lowest BCUT2D eigenvalue weighted by Crippen LogP contribution is -2.07. The first-order valence-electron chi connectivity index (χ1n) is 5.04. The molecule has 0 aliphatic heterocycles. The topological polar surface area (TPSA) is 49.3 Å². The molecule has 0 fully saturated rings. The average molecular weight is 245 g/mol. The Morgan fingerprint density at radius 1 is 1.24 bits per heavy atom. The first-order valence-corrected chi connectivity index (χ1v) is 5.98. The average Bonchev–Trinajstić information content (AvgIpc) is 2.83. The van der Waals surface area contributed by atoms with Crippen LogP contribution >= 0.6 is 11.3 Å². The molecular formula is C13H11NO2S. The van der Waals surface area contributed by atoms with Crippen molar-refractivity contribution in [1.29, 1.82) is 0 Å². The van der Waals surface area contributed by atoms with Crippen molar-refractivity contribution in [2.24, 2.45) is 0 Å². The van der Waals surface area contributed by atoms with Crippen LogP contribution in [0.1, 0.15) is 5.56 Å². The normalized spacial score (nSPS) is 10.6. The number of aromatic hydroxyl groups is 1. The second kappa shape index (κ2) is 5.32. The summed E-state index contributed by atoms with van der Waals surface area (Å²) in [6.07, 6.45) is 3.24. The zero-order valence-electron chi connectivity index (χ0n) is 8.96. The van der Waals surface area contributed by atoms with Crippen molar-refractivity contribution in [3.8, 4) is 5.75 Å². The number of nitrogens with one attached hydrogen (secondary N) is 1. The third kappa shape index (κ3) is 3.46. The highest BCUT2D eigenvalue weighted by Gasteiger charge is 1.97. The lowest BCUT2D eigenvalue weighted by molar-refractivity contribution is -0.111. The number of carbonyl (C=O) groups excluding carboxylic acids is 1. The van der Waals surface area contributed by atoms with Crippen LogP contribution in [-0.4, -0.2) is 11.0 Å². The minimum absolute atomic E-state index is 0.178. The van der Waals surface area contributed by atoms with E-state index in [1.54, 1.807) is 29.5 Å². The summed E-state index contributed by atoms with van der Waals surface area (Å²) in [4.78, 5) is 11.5. The number of amides is 1. The molecule has 2 rings (SSSR count). The van der Waals surface area contributed by atoms with E-state index in [9.17, 15) is 4.79 Å². The third-order valence-corrected chi connectivity index (χ3v) is 2.81. The van der Waals surface area contributed by atoms with Gasteiger partial charge in [-0.3, -0.25) is 4.79 Å². The van der Waals surface area contributed by atoms with Crippen LogP contribution in [0.2, 0.25) is 0 Å². The van der Waals surface area contributed by atoms with E-state index in [1.807, 2.05) is 16.8 Å². The van der Waals surface area contributed by atoms with Crippen LogP contribution < -0.4 is 5.32 Å². The smallest absolute Gasteiger partial charge is 0.248 e. The van der Waals surface area contributed by atoms with E-state index in [2.05, 4.69) is 5.32 Å². The molecule has 0 spiro atoms. The van der Waals surface area contributed by atoms with Gasteiger partial charge in [-0.1, -0.05) is 0 Å². The number of phenolic OH excluding ortho intramolecular Hbond substituents is 1. The maximum atomic E-state index is 11.5. The van der Waals surface area contributed by atoms with Gasteiger partial charge in [-0.15, -0.1) is 0 Å². The lowest BCUT2D eigenvalue weighted by Gasteiger charge is -2.01. The Kier molecular flexibility index (Phi) is 3.57. The Morgan fingerprint density at radius 2 is 2.00 bits per heavy atom. The minimum Gasteiger partial charge on any atom is -0.508 e. The molecule has 1 heterocycles. The minimum atomic E-state index is -0.193. The molecule has 1 aromatic heterocycles. The van der Waals surface area contributed by atoms with E-state index in [1.165, 1.54) is 18.2 Å². The fourth-order valence-corrected chi connectivity index (χ4v) is 1.90. The Labute approximate surface area is 103 Å². The molecule has 2 aromatic rings. The zero-order chi connectivity index (χ0) is 12.1. The number of phenols is 1. The van der Waals surface area contributed by atoms with E-state index in [0.29, 0.717) is 5.69 Å². The summed E-state index contributed by atoms with van der Waals surface area (Å²) in [6, 6.07) is 8.28. The van der Waals surface area contributed by atoms with Gasteiger partial charge in [0.15, 0.2) is 0 Å². The van der Waals surface area contributed by atoms with Crippen LogP contribution in [0, 0.1) is 0 Å². The second-order valence-corrected chi connectivity index (χ2v) is 4.21. The standard InChI is InChI=1S/C13H11NO2S/c15-12-4-2-11(3-5-12)14-13(16)6-1-10-7-8-17-9-10/h1-9,15H,(H,14,16)/b6-1+. The van der Waals surface area contributed by atoms with Gasteiger partial charge in [0, 0.05) is 11.8 Å². The van der Waals surface area contributed by atoms with E-state index >= 15 is 0 Å². The monoisotopic (exact) mass is 245 g/mol. The number of anilines is 1. The van der Waals surface area contributed by atoms with Gasteiger partial charge < -0.3 is 10.4 Å². The van der Waals surface area contributed by atoms with Crippen molar-refractivity contribution in [3.05, 3.63) is 52.7 Å². The number of carbonyl (C=O) groups is 1. The molecule has 17 heavy (non-hydrogen) atoms. The highest BCUT2D eigenvalue weighted by atomic mass is 32.1. The molecule has 0 saturated heterocycles. The van der Waals surface area contributed by atoms with Crippen LogP contribution in [0.5, 0.6) is 5.75 Å². The molecule has 0 atom stereocenters. The summed E-state index contributed by atoms with van der Waals surface area (Å²) in [5, 5.41) is 15.7. The molecule has 0 saturated carbocycles. The SMILES string of the molecule is O=C(/C=C/c1ccsc1)Nc1ccc(O)cc1. The molecule has 3 nitrogen and oxygen atoms in total. The summed E-state index contributed by atoms with van der Waals surface area (Å²) in [6.45, 7) is 0. The number of rotatable bonds is 3. The summed E-state index contributed by atoms with van der Waals surface area (Å²) in [7, 11) is 0. The van der Waals surface area contributed by atoms with E-state index in [0.717, 1.165) is 5.56 Å². The van der Waals surface area contributed by atoms with Crippen LogP contribution in [0.4, 0.5) is 5.69 Å². The van der Waals surface area contributed by atoms with E-state index in [-0.39, 0.29) is 11.7 Å². The molecule has 86 valence electrons. The largest absolute Gasteiger partial charge is 0.508 e. The van der Waals surface area contributed by atoms with Crippen molar-refractivity contribution in [3.63, 3.8) is 0 Å². The predicted octanol–water partition coefficient (Wildman–Crippen LogP) is 3.11. The molecule has 0 unspecified atom stereocenters. The van der Waals surface area contributed by atoms with Crippen molar-refractivity contribution >= 4 is 29.0 Å². The Balaban J connectivity index is 1.95. The fraction of sp³-hybridized carbons (Fsp3) is 0. The highest BCUT2D eigenvalue weighted by molar-refractivity contribution is 7.08. The number of hydrogen-bond donors (Lipinski definition) is 2. The van der Waals surface area contributed by atoms with Gasteiger partial charge in [0.25, 0.3) is 0 Å². The molecule has 1 amide bonds. The van der Waals surface area contributed by atoms with Crippen LogP contribution in [0.3, 0.4) is 0 Å². The summed E-state index contributed by atoms with van der Waals surface area (Å²) in [5.74, 6) is -0.0151. The van der Waals surface area contributed by atoms with Crippen LogP contribution in [0.15, 0.2) is 47.2 Å². The van der Waals surface area contributed by atoms with Crippen LogP contribution in [0.25, 0.3) is 6.08 Å². The number of hydrogen-bond acceptors (Lipinski definition) is 3. The van der Waals surface area contributed by atoms with Gasteiger partial charge in [0.2, 0.25) is 5.91 Å². The third-order valence-electron chi connectivity index (χ3n) is 2.11. The second-order valence-electron chi connectivity index (χ2n) is 3.43. The van der Waals surface area contributed by atoms with Gasteiger partial charge in [0.1, 0.15) is 5.75 Å². The summed E-state index contributed by atoms with van der Waals surface area (Å²) < 4.78 is 0. The Morgan fingerprint density at radius 3 is 2.65 bits per heavy atom. The first kappa shape index (κ1) is 11.4. The first-order chi connectivity index (χ1) is 8.24. The molecule has 2 N–H and O–H groups in total. The summed E-state index contributed by atoms with van der Waals surface area (Å²) in [5.41, 5.74) is 1.67. The van der Waals surface area contributed by atoms with Crippen LogP contribution in [-0.2, 0) is 4.79 Å². The molecule has 4 heteroatoms. The quantitative estimate of drug-likeness (QED) is 0.645. The maximum Gasteiger partial charge on any atom is 0.248 e. The van der Waals surface area contributed by atoms with E-state index < -0.39 is 0 Å². The fourth-order valence-electron chi connectivity index (χ4n) is 1.27. The van der Waals surface area contributed by atoms with Gasteiger partial charge in [-0.25, -0.2) is 0 Å². The number of thiophene rings is 1. The predicted molar refractivity (Wildman–Crippen MR) is 70.1 cm³/mol. The maximum absolute atomic E-state index is 11.5. The van der Waals surface area contributed by atoms with Gasteiger partial charge in [-0.2, -0.15) is 11.3 Å². The van der Waals surface area contributed by atoms with Gasteiger partial charge >= 0.3 is 0 Å². The van der Waals surface area contributed by atoms with E-state index in [4.69, 9.17) is 5.11 Å². The number of benzene rings is 1. The molecule has 0 bridgehead atoms. The Bertz CT molecular complexity index is 515. The molecule has 0 aliphatic rings. The van der Waals surface area contributed by atoms with Crippen molar-refractivity contribution in [1.82, 2.24) is 0 Å². The molecule has 1 aromatic carbocycles. The van der Waals surface area contributed by atoms with Gasteiger partial charge in [-0.05, 0) is 52.7 Å². The molecule has 0 radical (unpaired) electrons.